The lowest BCUT2D eigenvalue weighted by atomic mass is 10.1. The number of esters is 1. The summed E-state index contributed by atoms with van der Waals surface area (Å²) in [6.07, 6.45) is 0. The molecule has 1 aromatic heterocycles. The first-order valence-corrected chi connectivity index (χ1v) is 11.1. The second-order valence-electron chi connectivity index (χ2n) is 7.64. The van der Waals surface area contributed by atoms with Gasteiger partial charge in [0.15, 0.2) is 0 Å². The van der Waals surface area contributed by atoms with Gasteiger partial charge < -0.3 is 14.8 Å². The minimum Gasteiger partial charge on any atom is -0.472 e. The Balaban J connectivity index is 1.46. The number of ether oxygens (including phenoxy) is 2. The van der Waals surface area contributed by atoms with Gasteiger partial charge in [0, 0.05) is 23.4 Å². The first-order chi connectivity index (χ1) is 17.4. The van der Waals surface area contributed by atoms with Crippen LogP contribution in [0.2, 0.25) is 0 Å². The predicted octanol–water partition coefficient (Wildman–Crippen LogP) is 4.38. The molecule has 8 nitrogen and oxygen atoms in total. The van der Waals surface area contributed by atoms with Crippen LogP contribution in [0.25, 0.3) is 5.69 Å². The number of aromatic nitrogens is 2. The monoisotopic (exact) mass is 487 g/mol. The summed E-state index contributed by atoms with van der Waals surface area (Å²) in [5.74, 6) is -1.06. The van der Waals surface area contributed by atoms with E-state index in [1.807, 2.05) is 0 Å². The molecule has 0 aliphatic carbocycles. The van der Waals surface area contributed by atoms with E-state index in [9.17, 15) is 18.8 Å². The summed E-state index contributed by atoms with van der Waals surface area (Å²) >= 11 is 0. The topological polar surface area (TPSA) is 99.5 Å². The Morgan fingerprint density at radius 1 is 0.944 bits per heavy atom. The molecule has 0 aliphatic heterocycles. The maximum atomic E-state index is 13.4. The molecule has 0 spiro atoms. The SMILES string of the molecule is CCOC(=O)c1cccc(NC(=O)c2ccc(-n3nc(OCc4cccc(F)c4)ccc3=O)cc2)c1. The molecule has 4 aromatic rings. The Labute approximate surface area is 205 Å². The van der Waals surface area contributed by atoms with Crippen molar-refractivity contribution in [2.45, 2.75) is 13.5 Å². The number of hydrogen-bond donors (Lipinski definition) is 1. The molecule has 9 heteroatoms. The van der Waals surface area contributed by atoms with Crippen molar-refractivity contribution in [3.8, 4) is 11.6 Å². The molecule has 0 saturated carbocycles. The number of rotatable bonds is 8. The third-order valence-corrected chi connectivity index (χ3v) is 5.06. The van der Waals surface area contributed by atoms with E-state index < -0.39 is 11.9 Å². The average molecular weight is 487 g/mol. The van der Waals surface area contributed by atoms with Gasteiger partial charge >= 0.3 is 5.97 Å². The van der Waals surface area contributed by atoms with E-state index in [-0.39, 0.29) is 30.5 Å². The lowest BCUT2D eigenvalue weighted by Crippen LogP contribution is -2.20. The van der Waals surface area contributed by atoms with Crippen molar-refractivity contribution in [3.05, 3.63) is 118 Å². The highest BCUT2D eigenvalue weighted by Gasteiger charge is 2.11. The molecule has 1 amide bonds. The molecule has 0 atom stereocenters. The van der Waals surface area contributed by atoms with Crippen molar-refractivity contribution < 1.29 is 23.5 Å². The molecule has 0 radical (unpaired) electrons. The van der Waals surface area contributed by atoms with Crippen LogP contribution in [0.1, 0.15) is 33.2 Å². The molecular weight excluding hydrogens is 465 g/mol. The van der Waals surface area contributed by atoms with E-state index >= 15 is 0 Å². The zero-order valence-electron chi connectivity index (χ0n) is 19.3. The summed E-state index contributed by atoms with van der Waals surface area (Å²) < 4.78 is 25.1. The second kappa shape index (κ2) is 11.1. The molecule has 4 rings (SSSR count). The first kappa shape index (κ1) is 24.3. The zero-order valence-corrected chi connectivity index (χ0v) is 19.3. The summed E-state index contributed by atoms with van der Waals surface area (Å²) in [4.78, 5) is 36.9. The maximum Gasteiger partial charge on any atom is 0.338 e. The fourth-order valence-electron chi connectivity index (χ4n) is 3.34. The van der Waals surface area contributed by atoms with Gasteiger partial charge in [-0.2, -0.15) is 4.68 Å². The molecule has 0 unspecified atom stereocenters. The van der Waals surface area contributed by atoms with Crippen molar-refractivity contribution in [1.29, 1.82) is 0 Å². The van der Waals surface area contributed by atoms with Crippen LogP contribution >= 0.6 is 0 Å². The highest BCUT2D eigenvalue weighted by atomic mass is 19.1. The Bertz CT molecular complexity index is 1450. The smallest absolute Gasteiger partial charge is 0.338 e. The van der Waals surface area contributed by atoms with E-state index in [1.54, 1.807) is 61.5 Å². The first-order valence-electron chi connectivity index (χ1n) is 11.1. The van der Waals surface area contributed by atoms with Gasteiger partial charge in [0.25, 0.3) is 11.5 Å². The Morgan fingerprint density at radius 2 is 1.72 bits per heavy atom. The number of anilines is 1. The highest BCUT2D eigenvalue weighted by molar-refractivity contribution is 6.05. The average Bonchev–Trinajstić information content (AvgIpc) is 2.89. The predicted molar refractivity (Wildman–Crippen MR) is 131 cm³/mol. The molecule has 182 valence electrons. The molecule has 1 N–H and O–H groups in total. The molecule has 0 fully saturated rings. The van der Waals surface area contributed by atoms with Crippen LogP contribution < -0.4 is 15.6 Å². The van der Waals surface area contributed by atoms with E-state index in [0.29, 0.717) is 28.1 Å². The summed E-state index contributed by atoms with van der Waals surface area (Å²) in [5, 5.41) is 6.94. The van der Waals surface area contributed by atoms with Crippen molar-refractivity contribution in [2.24, 2.45) is 0 Å². The van der Waals surface area contributed by atoms with Crippen molar-refractivity contribution in [1.82, 2.24) is 9.78 Å². The molecular formula is C27H22FN3O5. The maximum absolute atomic E-state index is 13.4. The van der Waals surface area contributed by atoms with Crippen LogP contribution in [0.15, 0.2) is 89.7 Å². The van der Waals surface area contributed by atoms with E-state index in [0.717, 1.165) is 4.68 Å². The number of benzene rings is 3. The molecule has 0 saturated heterocycles. The van der Waals surface area contributed by atoms with Gasteiger partial charge in [-0.05, 0) is 67.1 Å². The van der Waals surface area contributed by atoms with Gasteiger partial charge in [0.05, 0.1) is 17.9 Å². The number of halogens is 1. The Morgan fingerprint density at radius 3 is 2.47 bits per heavy atom. The number of carbonyl (C=O) groups excluding carboxylic acids is 2. The van der Waals surface area contributed by atoms with Crippen LogP contribution in [0, 0.1) is 5.82 Å². The molecule has 0 bridgehead atoms. The number of amides is 1. The minimum absolute atomic E-state index is 0.0828. The summed E-state index contributed by atoms with van der Waals surface area (Å²) in [6, 6.07) is 21.4. The normalized spacial score (nSPS) is 10.5. The summed E-state index contributed by atoms with van der Waals surface area (Å²) in [5.41, 5.74) is 1.77. The standard InChI is InChI=1S/C27H22FN3O5/c1-2-35-27(34)20-6-4-8-22(16-20)29-26(33)19-9-11-23(12-10-19)31-25(32)14-13-24(30-31)36-17-18-5-3-7-21(28)15-18/h3-16H,2,17H2,1H3,(H,29,33). The fourth-order valence-corrected chi connectivity index (χ4v) is 3.34. The lowest BCUT2D eigenvalue weighted by Gasteiger charge is -2.10. The molecule has 36 heavy (non-hydrogen) atoms. The number of hydrogen-bond acceptors (Lipinski definition) is 6. The van der Waals surface area contributed by atoms with Gasteiger partial charge in [-0.3, -0.25) is 9.59 Å². The summed E-state index contributed by atoms with van der Waals surface area (Å²) in [7, 11) is 0. The van der Waals surface area contributed by atoms with Gasteiger partial charge in [-0.15, -0.1) is 5.10 Å². The van der Waals surface area contributed by atoms with Crippen LogP contribution in [0.5, 0.6) is 5.88 Å². The van der Waals surface area contributed by atoms with E-state index in [1.165, 1.54) is 30.3 Å². The molecule has 1 heterocycles. The fraction of sp³-hybridized carbons (Fsp3) is 0.111. The highest BCUT2D eigenvalue weighted by Crippen LogP contribution is 2.15. The van der Waals surface area contributed by atoms with Crippen LogP contribution in [0.4, 0.5) is 10.1 Å². The van der Waals surface area contributed by atoms with Gasteiger partial charge in [0.1, 0.15) is 12.4 Å². The van der Waals surface area contributed by atoms with Crippen molar-refractivity contribution in [3.63, 3.8) is 0 Å². The number of nitrogens with zero attached hydrogens (tertiary/aromatic N) is 2. The van der Waals surface area contributed by atoms with E-state index in [2.05, 4.69) is 10.4 Å². The number of carbonyl (C=O) groups is 2. The molecule has 3 aromatic carbocycles. The summed E-state index contributed by atoms with van der Waals surface area (Å²) in [6.45, 7) is 2.05. The second-order valence-corrected chi connectivity index (χ2v) is 7.64. The Hall–Kier alpha value is -4.79. The third-order valence-electron chi connectivity index (χ3n) is 5.06. The van der Waals surface area contributed by atoms with Crippen LogP contribution in [0.3, 0.4) is 0 Å². The van der Waals surface area contributed by atoms with Crippen molar-refractivity contribution in [2.75, 3.05) is 11.9 Å². The third kappa shape index (κ3) is 6.01. The van der Waals surface area contributed by atoms with Gasteiger partial charge in [-0.25, -0.2) is 9.18 Å². The van der Waals surface area contributed by atoms with Gasteiger partial charge in [-0.1, -0.05) is 18.2 Å². The van der Waals surface area contributed by atoms with Crippen LogP contribution in [-0.4, -0.2) is 28.3 Å². The minimum atomic E-state index is -0.474. The Kier molecular flexibility index (Phi) is 7.50. The van der Waals surface area contributed by atoms with E-state index in [4.69, 9.17) is 9.47 Å². The number of nitrogens with one attached hydrogen (secondary N) is 1. The van der Waals surface area contributed by atoms with Gasteiger partial charge in [0.2, 0.25) is 5.88 Å². The quantitative estimate of drug-likeness (QED) is 0.371. The van der Waals surface area contributed by atoms with Crippen molar-refractivity contribution >= 4 is 17.6 Å². The lowest BCUT2D eigenvalue weighted by molar-refractivity contribution is 0.0526. The molecule has 0 aliphatic rings. The zero-order chi connectivity index (χ0) is 25.5. The van der Waals surface area contributed by atoms with Crippen LogP contribution in [-0.2, 0) is 11.3 Å². The largest absolute Gasteiger partial charge is 0.472 e.